The van der Waals surface area contributed by atoms with Gasteiger partial charge in [0.2, 0.25) is 0 Å². The number of ketones is 1. The Kier molecular flexibility index (Phi) is 4.81. The topological polar surface area (TPSA) is 113 Å². The van der Waals surface area contributed by atoms with E-state index in [-0.39, 0.29) is 29.2 Å². The first-order valence-electron chi connectivity index (χ1n) is 8.94. The Morgan fingerprint density at radius 1 is 1.07 bits per heavy atom. The van der Waals surface area contributed by atoms with Gasteiger partial charge in [0, 0.05) is 12.1 Å². The molecule has 4 rings (SSSR count). The van der Waals surface area contributed by atoms with Gasteiger partial charge in [0.25, 0.3) is 5.91 Å². The van der Waals surface area contributed by atoms with E-state index in [0.29, 0.717) is 17.9 Å². The Hall–Kier alpha value is -3.59. The van der Waals surface area contributed by atoms with Crippen LogP contribution in [0.4, 0.5) is 0 Å². The highest BCUT2D eigenvalue weighted by Crippen LogP contribution is 2.25. The second-order valence-corrected chi connectivity index (χ2v) is 7.26. The molecule has 1 amide bonds. The Morgan fingerprint density at radius 3 is 2.45 bits per heavy atom. The van der Waals surface area contributed by atoms with E-state index in [1.54, 1.807) is 37.3 Å². The van der Waals surface area contributed by atoms with Crippen molar-refractivity contribution in [3.05, 3.63) is 69.6 Å². The average molecular weight is 407 g/mol. The third-order valence-electron chi connectivity index (χ3n) is 4.54. The van der Waals surface area contributed by atoms with Crippen molar-refractivity contribution >= 4 is 34.2 Å². The number of amides is 1. The fourth-order valence-corrected chi connectivity index (χ4v) is 3.85. The highest BCUT2D eigenvalue weighted by atomic mass is 32.1. The van der Waals surface area contributed by atoms with Crippen LogP contribution < -0.4 is 11.4 Å². The summed E-state index contributed by atoms with van der Waals surface area (Å²) in [5.74, 6) is -0.736. The number of nitrogens with zero attached hydrogens (tertiary/aromatic N) is 4. The van der Waals surface area contributed by atoms with Gasteiger partial charge in [-0.05, 0) is 18.4 Å². The SMILES string of the molecule is CCn1c(=O)n(CC(=O)c2ccccc2)c2c(C(N)=O)nc(-c3cccs3)nc21. The van der Waals surface area contributed by atoms with Crippen molar-refractivity contribution in [2.45, 2.75) is 20.0 Å². The van der Waals surface area contributed by atoms with Crippen molar-refractivity contribution in [2.75, 3.05) is 0 Å². The number of nitrogens with two attached hydrogens (primary N) is 1. The summed E-state index contributed by atoms with van der Waals surface area (Å²) in [4.78, 5) is 47.5. The van der Waals surface area contributed by atoms with Crippen LogP contribution in [0.3, 0.4) is 0 Å². The molecule has 0 radical (unpaired) electrons. The van der Waals surface area contributed by atoms with Crippen molar-refractivity contribution in [2.24, 2.45) is 5.73 Å². The lowest BCUT2D eigenvalue weighted by Gasteiger charge is -2.06. The van der Waals surface area contributed by atoms with Crippen LogP contribution in [0.5, 0.6) is 0 Å². The van der Waals surface area contributed by atoms with Crippen molar-refractivity contribution < 1.29 is 9.59 Å². The van der Waals surface area contributed by atoms with Crippen LogP contribution >= 0.6 is 11.3 Å². The molecule has 4 aromatic rings. The van der Waals surface area contributed by atoms with E-state index in [9.17, 15) is 14.4 Å². The van der Waals surface area contributed by atoms with Crippen molar-refractivity contribution in [3.8, 4) is 10.7 Å². The van der Waals surface area contributed by atoms with E-state index in [0.717, 1.165) is 4.88 Å². The first-order chi connectivity index (χ1) is 14.0. The summed E-state index contributed by atoms with van der Waals surface area (Å²) in [6.45, 7) is 1.87. The number of aryl methyl sites for hydroxylation is 1. The Bertz CT molecular complexity index is 1270. The number of hydrogen-bond donors (Lipinski definition) is 1. The molecule has 0 aliphatic heterocycles. The molecule has 0 saturated heterocycles. The fourth-order valence-electron chi connectivity index (χ4n) is 3.19. The van der Waals surface area contributed by atoms with Gasteiger partial charge in [-0.15, -0.1) is 11.3 Å². The number of aromatic nitrogens is 4. The molecule has 0 spiro atoms. The van der Waals surface area contributed by atoms with E-state index in [1.807, 2.05) is 17.5 Å². The third-order valence-corrected chi connectivity index (χ3v) is 5.41. The summed E-state index contributed by atoms with van der Waals surface area (Å²) in [6.07, 6.45) is 0. The summed E-state index contributed by atoms with van der Waals surface area (Å²) in [5, 5.41) is 1.86. The normalized spacial score (nSPS) is 11.1. The predicted octanol–water partition coefficient (Wildman–Crippen LogP) is 2.32. The molecule has 146 valence electrons. The minimum Gasteiger partial charge on any atom is -0.364 e. The number of thiophene rings is 1. The summed E-state index contributed by atoms with van der Waals surface area (Å²) in [5.41, 5.74) is 5.98. The van der Waals surface area contributed by atoms with E-state index in [4.69, 9.17) is 5.73 Å². The molecule has 3 aromatic heterocycles. The Morgan fingerprint density at radius 2 is 1.83 bits per heavy atom. The maximum atomic E-state index is 13.0. The van der Waals surface area contributed by atoms with Crippen LogP contribution in [0.15, 0.2) is 52.6 Å². The van der Waals surface area contributed by atoms with Gasteiger partial charge in [0.1, 0.15) is 5.52 Å². The van der Waals surface area contributed by atoms with Gasteiger partial charge in [0.15, 0.2) is 22.9 Å². The summed E-state index contributed by atoms with van der Waals surface area (Å²) >= 11 is 1.41. The Labute approximate surface area is 169 Å². The first kappa shape index (κ1) is 18.8. The highest BCUT2D eigenvalue weighted by molar-refractivity contribution is 7.13. The van der Waals surface area contributed by atoms with E-state index in [1.165, 1.54) is 20.5 Å². The molecular weight excluding hydrogens is 390 g/mol. The zero-order valence-corrected chi connectivity index (χ0v) is 16.3. The zero-order chi connectivity index (χ0) is 20.5. The highest BCUT2D eigenvalue weighted by Gasteiger charge is 2.24. The number of imidazole rings is 1. The van der Waals surface area contributed by atoms with Crippen molar-refractivity contribution in [1.82, 2.24) is 19.1 Å². The summed E-state index contributed by atoms with van der Waals surface area (Å²) < 4.78 is 2.64. The molecule has 0 atom stereocenters. The lowest BCUT2D eigenvalue weighted by atomic mass is 10.1. The molecular formula is C20H17N5O3S. The number of rotatable bonds is 6. The van der Waals surface area contributed by atoms with Crippen molar-refractivity contribution in [3.63, 3.8) is 0 Å². The molecule has 2 N–H and O–H groups in total. The summed E-state index contributed by atoms with van der Waals surface area (Å²) in [6, 6.07) is 12.3. The molecule has 0 unspecified atom stereocenters. The molecule has 0 aliphatic carbocycles. The fraction of sp³-hybridized carbons (Fsp3) is 0.150. The number of primary amides is 1. The largest absolute Gasteiger partial charge is 0.364 e. The molecule has 29 heavy (non-hydrogen) atoms. The molecule has 0 aliphatic rings. The molecule has 0 fully saturated rings. The second-order valence-electron chi connectivity index (χ2n) is 6.31. The van der Waals surface area contributed by atoms with E-state index in [2.05, 4.69) is 9.97 Å². The minimum absolute atomic E-state index is 0.0800. The number of fused-ring (bicyclic) bond motifs is 1. The molecule has 3 heterocycles. The van der Waals surface area contributed by atoms with Gasteiger partial charge in [-0.1, -0.05) is 36.4 Å². The first-order valence-corrected chi connectivity index (χ1v) is 9.82. The van der Waals surface area contributed by atoms with Gasteiger partial charge in [0.05, 0.1) is 11.4 Å². The number of Topliss-reactive ketones (excluding diaryl/α,β-unsaturated/α-hetero) is 1. The van der Waals surface area contributed by atoms with E-state index >= 15 is 0 Å². The van der Waals surface area contributed by atoms with Gasteiger partial charge >= 0.3 is 5.69 Å². The number of carbonyl (C=O) groups excluding carboxylic acids is 2. The quantitative estimate of drug-likeness (QED) is 0.493. The van der Waals surface area contributed by atoms with Crippen LogP contribution in [0, 0.1) is 0 Å². The minimum atomic E-state index is -0.788. The molecule has 0 saturated carbocycles. The third kappa shape index (κ3) is 3.25. The predicted molar refractivity (Wildman–Crippen MR) is 110 cm³/mol. The average Bonchev–Trinajstić information content (AvgIpc) is 3.35. The van der Waals surface area contributed by atoms with Crippen molar-refractivity contribution in [1.29, 1.82) is 0 Å². The molecule has 9 heteroatoms. The van der Waals surface area contributed by atoms with Crippen LogP contribution in [0.25, 0.3) is 21.9 Å². The Balaban J connectivity index is 1.95. The number of hydrogen-bond acceptors (Lipinski definition) is 6. The number of carbonyl (C=O) groups is 2. The monoisotopic (exact) mass is 407 g/mol. The van der Waals surface area contributed by atoms with E-state index < -0.39 is 11.6 Å². The second kappa shape index (κ2) is 7.44. The van der Waals surface area contributed by atoms with Crippen LogP contribution in [0.2, 0.25) is 0 Å². The van der Waals surface area contributed by atoms with Gasteiger partial charge < -0.3 is 5.73 Å². The van der Waals surface area contributed by atoms with Gasteiger partial charge in [-0.25, -0.2) is 14.8 Å². The van der Waals surface area contributed by atoms with Crippen LogP contribution in [-0.4, -0.2) is 30.8 Å². The smallest absolute Gasteiger partial charge is 0.330 e. The van der Waals surface area contributed by atoms with Crippen LogP contribution in [0.1, 0.15) is 27.8 Å². The zero-order valence-electron chi connectivity index (χ0n) is 15.5. The molecule has 0 bridgehead atoms. The number of benzene rings is 1. The van der Waals surface area contributed by atoms with Gasteiger partial charge in [-0.3, -0.25) is 18.7 Å². The maximum Gasteiger partial charge on any atom is 0.330 e. The lowest BCUT2D eigenvalue weighted by Crippen LogP contribution is -2.27. The van der Waals surface area contributed by atoms with Crippen LogP contribution in [-0.2, 0) is 13.1 Å². The molecule has 8 nitrogen and oxygen atoms in total. The molecule has 1 aromatic carbocycles. The standard InChI is InChI=1S/C20H17N5O3S/c1-2-24-19-16(15(17(21)27)22-18(23-19)14-9-6-10-29-14)25(20(24)28)11-13(26)12-7-4-3-5-8-12/h3-10H,2,11H2,1H3,(H2,21,27). The summed E-state index contributed by atoms with van der Waals surface area (Å²) in [7, 11) is 0. The maximum absolute atomic E-state index is 13.0. The van der Waals surface area contributed by atoms with Gasteiger partial charge in [-0.2, -0.15) is 0 Å². The lowest BCUT2D eigenvalue weighted by molar-refractivity contribution is 0.0966.